The van der Waals surface area contributed by atoms with Crippen molar-refractivity contribution in [3.05, 3.63) is 35.9 Å². The molecule has 0 spiro atoms. The van der Waals surface area contributed by atoms with Crippen LogP contribution in [0.4, 0.5) is 0 Å². The predicted octanol–water partition coefficient (Wildman–Crippen LogP) is -5.68. The van der Waals surface area contributed by atoms with Crippen molar-refractivity contribution in [2.24, 2.45) is 0 Å². The first kappa shape index (κ1) is 38.7. The molecule has 1 aromatic carbocycles. The van der Waals surface area contributed by atoms with Gasteiger partial charge in [0, 0.05) is 91.6 Å². The van der Waals surface area contributed by atoms with Crippen molar-refractivity contribution in [2.45, 2.75) is 12.5 Å². The van der Waals surface area contributed by atoms with Crippen LogP contribution in [0.1, 0.15) is 5.56 Å². The predicted molar refractivity (Wildman–Crippen MR) is 143 cm³/mol. The number of carbonyl (C=O) groups is 3. The van der Waals surface area contributed by atoms with Gasteiger partial charge in [-0.2, -0.15) is 4.31 Å². The Bertz CT molecular complexity index is 1050. The summed E-state index contributed by atoms with van der Waals surface area (Å²) in [5, 5.41) is 44.8. The molecule has 1 atom stereocenters. The van der Waals surface area contributed by atoms with E-state index < -0.39 is 40.6 Å². The van der Waals surface area contributed by atoms with Crippen molar-refractivity contribution in [3.8, 4) is 0 Å². The van der Waals surface area contributed by atoms with Crippen LogP contribution in [0, 0.1) is 39.9 Å². The molecular weight excluding hydrogens is 716 g/mol. The average Bonchev–Trinajstić information content (AvgIpc) is 2.87. The number of sulfonamides is 1. The zero-order chi connectivity index (χ0) is 30.4. The summed E-state index contributed by atoms with van der Waals surface area (Å²) in [6, 6.07) is 9.37. The molecule has 1 aromatic rings. The number of hydrogen-bond donors (Lipinski definition) is 1. The van der Waals surface area contributed by atoms with Gasteiger partial charge in [-0.1, -0.05) is 30.3 Å². The average molecular weight is 756 g/mol. The molecule has 0 saturated carbocycles. The van der Waals surface area contributed by atoms with Crippen LogP contribution in [0.2, 0.25) is 0 Å². The third-order valence-electron chi connectivity index (χ3n) is 6.83. The molecule has 2 rings (SSSR count). The fraction of sp³-hybridized carbons (Fsp3) is 0.654. The molecular formula is C26H40GdN5O9S. The van der Waals surface area contributed by atoms with Crippen LogP contribution in [0.15, 0.2) is 30.3 Å². The minimum absolute atomic E-state index is 0. The largest absolute Gasteiger partial charge is 3.00 e. The van der Waals surface area contributed by atoms with E-state index in [0.717, 1.165) is 11.8 Å². The first-order valence-corrected chi connectivity index (χ1v) is 15.3. The van der Waals surface area contributed by atoms with Gasteiger partial charge in [-0.15, -0.1) is 0 Å². The second kappa shape index (κ2) is 19.8. The molecule has 42 heavy (non-hydrogen) atoms. The number of aliphatic hydroxyl groups is 1. The Balaban J connectivity index is 0.00000882. The van der Waals surface area contributed by atoms with Crippen molar-refractivity contribution < 1.29 is 83.2 Å². The van der Waals surface area contributed by atoms with Crippen molar-refractivity contribution in [1.29, 1.82) is 0 Å². The molecule has 0 aliphatic carbocycles. The van der Waals surface area contributed by atoms with Crippen LogP contribution in [0.5, 0.6) is 0 Å². The summed E-state index contributed by atoms with van der Waals surface area (Å²) >= 11 is 0. The number of aliphatic carboxylic acids is 3. The molecule has 1 aliphatic rings. The fourth-order valence-electron chi connectivity index (χ4n) is 4.67. The summed E-state index contributed by atoms with van der Waals surface area (Å²) in [4.78, 5) is 40.4. The van der Waals surface area contributed by atoms with E-state index in [1.165, 1.54) is 4.31 Å². The van der Waals surface area contributed by atoms with E-state index >= 15 is 0 Å². The van der Waals surface area contributed by atoms with Gasteiger partial charge < -0.3 is 34.8 Å². The molecule has 0 amide bonds. The summed E-state index contributed by atoms with van der Waals surface area (Å²) in [7, 11) is -3.62. The number of rotatable bonds is 14. The second-order valence-electron chi connectivity index (χ2n) is 10.3. The zero-order valence-corrected chi connectivity index (χ0v) is 26.9. The Hall–Kier alpha value is -1.34. The molecule has 16 heteroatoms. The number of nitrogens with zero attached hydrogens (tertiary/aromatic N) is 5. The van der Waals surface area contributed by atoms with Gasteiger partial charge in [0.15, 0.2) is 0 Å². The van der Waals surface area contributed by atoms with E-state index in [1.54, 1.807) is 14.7 Å². The first-order valence-electron chi connectivity index (χ1n) is 13.5. The molecule has 1 N–H and O–H groups in total. The standard InChI is InChI=1S/C26H43N5O9S.Gd/c1-41(39,40)31(8-7-22-5-3-2-4-6-22)18-23(32)17-27-9-11-28(19-24(33)34)13-15-30(21-26(37)38)16-14-29(12-10-27)20-25(35)36;/h2-6,23,32H,7-21H2,1H3,(H,33,34)(H,35,36)(H,37,38);/q;+3/p-3. The van der Waals surface area contributed by atoms with Gasteiger partial charge in [0.05, 0.1) is 30.3 Å². The molecule has 1 fully saturated rings. The maximum atomic E-state index is 12.4. The monoisotopic (exact) mass is 756 g/mol. The van der Waals surface area contributed by atoms with Crippen LogP contribution < -0.4 is 15.3 Å². The van der Waals surface area contributed by atoms with Gasteiger partial charge in [0.2, 0.25) is 10.0 Å². The molecule has 1 heterocycles. The zero-order valence-electron chi connectivity index (χ0n) is 23.8. The summed E-state index contributed by atoms with van der Waals surface area (Å²) in [6.07, 6.45) is 0.479. The van der Waals surface area contributed by atoms with Crippen LogP contribution in [-0.4, -0.2) is 159 Å². The van der Waals surface area contributed by atoms with E-state index in [9.17, 15) is 43.2 Å². The number of carboxylic acid groups (broad SMARTS) is 3. The quantitative estimate of drug-likeness (QED) is 0.189. The SMILES string of the molecule is CS(=O)(=O)N(CCc1ccccc1)CC(O)CN1CCN(CC(=O)[O-])CCN(CC(=O)[O-])CCN(CC(=O)[O-])CC1.[Gd+3]. The van der Waals surface area contributed by atoms with Gasteiger partial charge in [-0.05, 0) is 12.0 Å². The van der Waals surface area contributed by atoms with Gasteiger partial charge in [0.1, 0.15) is 0 Å². The van der Waals surface area contributed by atoms with Gasteiger partial charge >= 0.3 is 39.9 Å². The molecule has 237 valence electrons. The normalized spacial score (nSPS) is 18.0. The maximum Gasteiger partial charge on any atom is 3.00 e. The third-order valence-corrected chi connectivity index (χ3v) is 8.10. The van der Waals surface area contributed by atoms with Crippen LogP contribution in [0.25, 0.3) is 0 Å². The molecule has 0 aromatic heterocycles. The van der Waals surface area contributed by atoms with Crippen LogP contribution >= 0.6 is 0 Å². The summed E-state index contributed by atoms with van der Waals surface area (Å²) in [6.45, 7) is 0.813. The molecule has 1 unspecified atom stereocenters. The van der Waals surface area contributed by atoms with Gasteiger partial charge in [-0.25, -0.2) is 8.42 Å². The van der Waals surface area contributed by atoms with E-state index in [2.05, 4.69) is 0 Å². The molecule has 1 aliphatic heterocycles. The van der Waals surface area contributed by atoms with E-state index in [-0.39, 0.29) is 125 Å². The molecule has 1 radical (unpaired) electrons. The smallest absolute Gasteiger partial charge is 0.549 e. The number of benzene rings is 1. The van der Waals surface area contributed by atoms with E-state index in [1.807, 2.05) is 35.2 Å². The second-order valence-corrected chi connectivity index (χ2v) is 12.2. The van der Waals surface area contributed by atoms with Gasteiger partial charge in [-0.3, -0.25) is 19.6 Å². The summed E-state index contributed by atoms with van der Waals surface area (Å²) in [5.74, 6) is -3.89. The number of β-amino-alcohol motifs (C(OH)–C–C–N with tert-alkyl or cyclic N) is 1. The minimum Gasteiger partial charge on any atom is -0.549 e. The molecule has 14 nitrogen and oxygen atoms in total. The Kier molecular flexibility index (Phi) is 18.3. The van der Waals surface area contributed by atoms with Crippen molar-refractivity contribution in [2.75, 3.05) is 97.9 Å². The Labute approximate surface area is 279 Å². The van der Waals surface area contributed by atoms with E-state index in [0.29, 0.717) is 6.42 Å². The number of hydrogen-bond acceptors (Lipinski definition) is 13. The maximum absolute atomic E-state index is 12.4. The topological polar surface area (TPSA) is 191 Å². The Morgan fingerprint density at radius 1 is 0.786 bits per heavy atom. The number of carboxylic acids is 3. The van der Waals surface area contributed by atoms with Gasteiger partial charge in [0.25, 0.3) is 0 Å². The molecule has 0 bridgehead atoms. The third kappa shape index (κ3) is 16.5. The minimum atomic E-state index is -3.62. The number of carbonyl (C=O) groups excluding carboxylic acids is 3. The van der Waals surface area contributed by atoms with Crippen LogP contribution in [-0.2, 0) is 30.8 Å². The van der Waals surface area contributed by atoms with Crippen molar-refractivity contribution in [3.63, 3.8) is 0 Å². The summed E-state index contributed by atoms with van der Waals surface area (Å²) in [5.41, 5.74) is 0.956. The molecule has 1 saturated heterocycles. The van der Waals surface area contributed by atoms with E-state index in [4.69, 9.17) is 0 Å². The van der Waals surface area contributed by atoms with Crippen LogP contribution in [0.3, 0.4) is 0 Å². The summed E-state index contributed by atoms with van der Waals surface area (Å²) < 4.78 is 26.1. The van der Waals surface area contributed by atoms with Crippen molar-refractivity contribution >= 4 is 27.9 Å². The van der Waals surface area contributed by atoms with Crippen molar-refractivity contribution in [1.82, 2.24) is 23.9 Å². The fourth-order valence-corrected chi connectivity index (χ4v) is 5.53. The number of aliphatic hydroxyl groups excluding tert-OH is 1. The Morgan fingerprint density at radius 3 is 1.52 bits per heavy atom. The first-order chi connectivity index (χ1) is 19.3. The Morgan fingerprint density at radius 2 is 1.17 bits per heavy atom.